The van der Waals surface area contributed by atoms with Crippen molar-refractivity contribution in [1.82, 2.24) is 20.0 Å². The van der Waals surface area contributed by atoms with Gasteiger partial charge in [-0.25, -0.2) is 0 Å². The fraction of sp³-hybridized carbons (Fsp3) is 0.133. The highest BCUT2D eigenvalue weighted by atomic mass is 35.5. The van der Waals surface area contributed by atoms with Gasteiger partial charge in [0, 0.05) is 22.8 Å². The normalized spacial score (nSPS) is 10.6. The first-order valence-electron chi connectivity index (χ1n) is 6.62. The zero-order valence-electron chi connectivity index (χ0n) is 11.8. The number of benzene rings is 1. The molecule has 0 amide bonds. The minimum Gasteiger partial charge on any atom is -0.472 e. The molecule has 0 saturated heterocycles. The maximum absolute atomic E-state index is 11.7. The van der Waals surface area contributed by atoms with Crippen molar-refractivity contribution in [1.29, 1.82) is 0 Å². The van der Waals surface area contributed by atoms with Crippen molar-refractivity contribution < 1.29 is 4.74 Å². The summed E-state index contributed by atoms with van der Waals surface area (Å²) in [5.74, 6) is 0.785. The Kier molecular flexibility index (Phi) is 3.93. The second-order valence-electron chi connectivity index (χ2n) is 4.76. The van der Waals surface area contributed by atoms with Gasteiger partial charge in [-0.1, -0.05) is 23.7 Å². The molecular weight excluding hydrogens is 304 g/mol. The second-order valence-corrected chi connectivity index (χ2v) is 5.20. The monoisotopic (exact) mass is 316 g/mol. The van der Waals surface area contributed by atoms with Gasteiger partial charge in [-0.15, -0.1) is 10.2 Å². The molecule has 1 N–H and O–H groups in total. The van der Waals surface area contributed by atoms with Gasteiger partial charge >= 0.3 is 0 Å². The number of ether oxygens (including phenoxy) is 1. The Morgan fingerprint density at radius 3 is 2.73 bits per heavy atom. The van der Waals surface area contributed by atoms with Crippen molar-refractivity contribution in [3.63, 3.8) is 0 Å². The molecule has 3 aromatic rings. The zero-order valence-corrected chi connectivity index (χ0v) is 12.5. The van der Waals surface area contributed by atoms with Crippen LogP contribution in [0, 0.1) is 6.92 Å². The number of hydrogen-bond acceptors (Lipinski definition) is 4. The molecule has 2 heterocycles. The molecule has 0 spiro atoms. The lowest BCUT2D eigenvalue weighted by atomic mass is 10.2. The summed E-state index contributed by atoms with van der Waals surface area (Å²) >= 11 is 5.91. The van der Waals surface area contributed by atoms with Crippen molar-refractivity contribution in [2.75, 3.05) is 0 Å². The number of aromatic amines is 1. The van der Waals surface area contributed by atoms with Gasteiger partial charge in [0.1, 0.15) is 6.61 Å². The molecule has 0 aliphatic heterocycles. The van der Waals surface area contributed by atoms with Gasteiger partial charge in [0.15, 0.2) is 5.82 Å². The molecule has 0 atom stereocenters. The molecule has 0 fully saturated rings. The summed E-state index contributed by atoms with van der Waals surface area (Å²) in [7, 11) is 0. The third-order valence-corrected chi connectivity index (χ3v) is 3.21. The van der Waals surface area contributed by atoms with Crippen LogP contribution >= 0.6 is 11.6 Å². The fourth-order valence-corrected chi connectivity index (χ4v) is 2.19. The number of H-pyrrole nitrogens is 1. The average molecular weight is 317 g/mol. The van der Waals surface area contributed by atoms with Crippen LogP contribution < -0.4 is 10.3 Å². The van der Waals surface area contributed by atoms with E-state index in [2.05, 4.69) is 15.3 Å². The molecule has 3 rings (SSSR count). The van der Waals surface area contributed by atoms with Crippen LogP contribution in [0.25, 0.3) is 5.82 Å². The first kappa shape index (κ1) is 14.3. The lowest BCUT2D eigenvalue weighted by molar-refractivity contribution is 0.290. The van der Waals surface area contributed by atoms with E-state index < -0.39 is 0 Å². The topological polar surface area (TPSA) is 72.8 Å². The SMILES string of the molecule is Cc1cc(=O)n(-c2ccc(OCc3cccc(Cl)c3)nn2)[nH]1. The maximum atomic E-state index is 11.7. The Bertz CT molecular complexity index is 839. The Morgan fingerprint density at radius 2 is 2.09 bits per heavy atom. The van der Waals surface area contributed by atoms with E-state index in [9.17, 15) is 4.79 Å². The zero-order chi connectivity index (χ0) is 15.5. The van der Waals surface area contributed by atoms with Crippen molar-refractivity contribution >= 4 is 11.6 Å². The summed E-state index contributed by atoms with van der Waals surface area (Å²) in [6.45, 7) is 2.14. The van der Waals surface area contributed by atoms with E-state index >= 15 is 0 Å². The van der Waals surface area contributed by atoms with E-state index in [1.54, 1.807) is 25.1 Å². The van der Waals surface area contributed by atoms with Crippen LogP contribution in [0.4, 0.5) is 0 Å². The number of aryl methyl sites for hydroxylation is 1. The van der Waals surface area contributed by atoms with Crippen LogP contribution in [0.2, 0.25) is 5.02 Å². The molecule has 0 unspecified atom stereocenters. The number of nitrogens with one attached hydrogen (secondary N) is 1. The van der Waals surface area contributed by atoms with Gasteiger partial charge in [-0.3, -0.25) is 9.89 Å². The fourth-order valence-electron chi connectivity index (χ4n) is 1.98. The standard InChI is InChI=1S/C15H13ClN4O2/c1-10-7-15(21)20(19-10)13-5-6-14(18-17-13)22-9-11-3-2-4-12(16)8-11/h2-8,19H,9H2,1H3. The molecule has 0 aliphatic carbocycles. The highest BCUT2D eigenvalue weighted by Gasteiger charge is 2.05. The van der Waals surface area contributed by atoms with Gasteiger partial charge in [0.2, 0.25) is 5.88 Å². The molecule has 0 bridgehead atoms. The van der Waals surface area contributed by atoms with E-state index in [1.165, 1.54) is 10.7 Å². The minimum absolute atomic E-state index is 0.181. The molecule has 6 nitrogen and oxygen atoms in total. The highest BCUT2D eigenvalue weighted by Crippen LogP contribution is 2.13. The van der Waals surface area contributed by atoms with E-state index in [1.807, 2.05) is 18.2 Å². The smallest absolute Gasteiger partial charge is 0.272 e. The Hall–Kier alpha value is -2.60. The van der Waals surface area contributed by atoms with Crippen LogP contribution in [-0.4, -0.2) is 20.0 Å². The number of aromatic nitrogens is 4. The molecule has 22 heavy (non-hydrogen) atoms. The molecule has 0 radical (unpaired) electrons. The molecule has 112 valence electrons. The van der Waals surface area contributed by atoms with Crippen molar-refractivity contribution in [2.24, 2.45) is 0 Å². The second kappa shape index (κ2) is 6.03. The van der Waals surface area contributed by atoms with E-state index in [0.29, 0.717) is 23.3 Å². The van der Waals surface area contributed by atoms with E-state index in [-0.39, 0.29) is 5.56 Å². The maximum Gasteiger partial charge on any atom is 0.272 e. The van der Waals surface area contributed by atoms with Crippen LogP contribution in [0.5, 0.6) is 5.88 Å². The van der Waals surface area contributed by atoms with Crippen LogP contribution in [0.15, 0.2) is 47.3 Å². The third-order valence-electron chi connectivity index (χ3n) is 2.98. The van der Waals surface area contributed by atoms with Crippen LogP contribution in [0.3, 0.4) is 0 Å². The lowest BCUT2D eigenvalue weighted by Gasteiger charge is -2.06. The Morgan fingerprint density at radius 1 is 1.23 bits per heavy atom. The summed E-state index contributed by atoms with van der Waals surface area (Å²) in [6, 6.07) is 12.2. The molecule has 7 heteroatoms. The van der Waals surface area contributed by atoms with Gasteiger partial charge < -0.3 is 4.74 Å². The summed E-state index contributed by atoms with van der Waals surface area (Å²) < 4.78 is 6.87. The van der Waals surface area contributed by atoms with Gasteiger partial charge in [0.05, 0.1) is 0 Å². The summed E-state index contributed by atoms with van der Waals surface area (Å²) in [4.78, 5) is 11.7. The van der Waals surface area contributed by atoms with E-state index in [0.717, 1.165) is 11.3 Å². The van der Waals surface area contributed by atoms with Gasteiger partial charge in [-0.05, 0) is 30.7 Å². The highest BCUT2D eigenvalue weighted by molar-refractivity contribution is 6.30. The van der Waals surface area contributed by atoms with Crippen LogP contribution in [0.1, 0.15) is 11.3 Å². The van der Waals surface area contributed by atoms with Gasteiger partial charge in [0.25, 0.3) is 5.56 Å². The largest absolute Gasteiger partial charge is 0.472 e. The molecule has 2 aromatic heterocycles. The first-order chi connectivity index (χ1) is 10.6. The van der Waals surface area contributed by atoms with Crippen molar-refractivity contribution in [3.05, 3.63) is 69.1 Å². The average Bonchev–Trinajstić information content (AvgIpc) is 2.84. The molecule has 0 saturated carbocycles. The van der Waals surface area contributed by atoms with Crippen molar-refractivity contribution in [2.45, 2.75) is 13.5 Å². The summed E-state index contributed by atoms with van der Waals surface area (Å²) in [5.41, 5.74) is 1.52. The summed E-state index contributed by atoms with van der Waals surface area (Å²) in [6.07, 6.45) is 0. The summed E-state index contributed by atoms with van der Waals surface area (Å²) in [5, 5.41) is 11.5. The molecular formula is C15H13ClN4O2. The predicted octanol–water partition coefficient (Wildman–Crippen LogP) is 2.50. The quantitative estimate of drug-likeness (QED) is 0.802. The first-order valence-corrected chi connectivity index (χ1v) is 6.99. The Labute approximate surface area is 131 Å². The number of nitrogens with zero attached hydrogens (tertiary/aromatic N) is 3. The lowest BCUT2D eigenvalue weighted by Crippen LogP contribution is -2.15. The van der Waals surface area contributed by atoms with Crippen molar-refractivity contribution in [3.8, 4) is 11.7 Å². The minimum atomic E-state index is -0.181. The number of rotatable bonds is 4. The number of halogens is 1. The molecule has 0 aliphatic rings. The number of hydrogen-bond donors (Lipinski definition) is 1. The Balaban J connectivity index is 1.72. The van der Waals surface area contributed by atoms with Crippen LogP contribution in [-0.2, 0) is 6.61 Å². The molecule has 1 aromatic carbocycles. The van der Waals surface area contributed by atoms with E-state index in [4.69, 9.17) is 16.3 Å². The third kappa shape index (κ3) is 3.17. The van der Waals surface area contributed by atoms with Gasteiger partial charge in [-0.2, -0.15) is 4.68 Å². The predicted molar refractivity (Wildman–Crippen MR) is 82.5 cm³/mol.